The minimum atomic E-state index is -0.00656. The highest BCUT2D eigenvalue weighted by atomic mass is 16.5. The summed E-state index contributed by atoms with van der Waals surface area (Å²) in [6.07, 6.45) is 0. The quantitative estimate of drug-likeness (QED) is 0.733. The molecule has 4 rings (SSSR count). The van der Waals surface area contributed by atoms with Gasteiger partial charge in [0.25, 0.3) is 0 Å². The third kappa shape index (κ3) is 5.39. The summed E-state index contributed by atoms with van der Waals surface area (Å²) >= 11 is 0. The molecule has 0 saturated carbocycles. The topological polar surface area (TPSA) is 51.2 Å². The van der Waals surface area contributed by atoms with Crippen molar-refractivity contribution in [3.05, 3.63) is 65.2 Å². The normalized spacial score (nSPS) is 19.6. The molecule has 0 aromatic heterocycles. The van der Waals surface area contributed by atoms with Crippen LogP contribution in [0.1, 0.15) is 23.6 Å². The number of hydrogen-bond donors (Lipinski definition) is 0. The molecule has 6 nitrogen and oxygen atoms in total. The number of morpholine rings is 1. The van der Waals surface area contributed by atoms with Crippen molar-refractivity contribution in [3.8, 4) is 5.75 Å². The summed E-state index contributed by atoms with van der Waals surface area (Å²) in [7, 11) is 0. The van der Waals surface area contributed by atoms with Crippen molar-refractivity contribution in [3.63, 3.8) is 0 Å². The fourth-order valence-electron chi connectivity index (χ4n) is 3.90. The lowest BCUT2D eigenvalue weighted by Crippen LogP contribution is -2.41. The van der Waals surface area contributed by atoms with Gasteiger partial charge in [-0.05, 0) is 30.2 Å². The molecule has 2 aromatic rings. The van der Waals surface area contributed by atoms with Gasteiger partial charge in [-0.15, -0.1) is 0 Å². The van der Waals surface area contributed by atoms with Crippen LogP contribution in [-0.4, -0.2) is 61.3 Å². The van der Waals surface area contributed by atoms with Gasteiger partial charge in [-0.3, -0.25) is 9.69 Å². The summed E-state index contributed by atoms with van der Waals surface area (Å²) in [5.74, 6) is 0.863. The van der Waals surface area contributed by atoms with Crippen LogP contribution in [0.5, 0.6) is 5.75 Å². The summed E-state index contributed by atoms with van der Waals surface area (Å²) < 4.78 is 17.1. The zero-order valence-electron chi connectivity index (χ0n) is 17.6. The maximum absolute atomic E-state index is 12.9. The van der Waals surface area contributed by atoms with Gasteiger partial charge in [0.2, 0.25) is 5.91 Å². The fourth-order valence-corrected chi connectivity index (χ4v) is 3.90. The third-order valence-corrected chi connectivity index (χ3v) is 5.65. The number of nitrogens with zero attached hydrogens (tertiary/aromatic N) is 2. The smallest absolute Gasteiger partial charge is 0.249 e. The van der Waals surface area contributed by atoms with Crippen molar-refractivity contribution in [1.82, 2.24) is 9.80 Å². The standard InChI is InChI=1S/C24H30N2O4/c1-19-16-30-23-8-7-21(14-25-9-11-28-12-10-25)13-22(23)15-26(19)24(27)18-29-17-20-5-3-2-4-6-20/h2-8,13,19H,9-12,14-18H2,1H3/t19-/m0/s1. The van der Waals surface area contributed by atoms with Crippen LogP contribution in [0.3, 0.4) is 0 Å². The van der Waals surface area contributed by atoms with Crippen LogP contribution in [0.4, 0.5) is 0 Å². The number of fused-ring (bicyclic) bond motifs is 1. The number of carbonyl (C=O) groups excluding carboxylic acids is 1. The van der Waals surface area contributed by atoms with Crippen molar-refractivity contribution in [2.75, 3.05) is 39.5 Å². The first kappa shape index (κ1) is 20.8. The van der Waals surface area contributed by atoms with Crippen LogP contribution in [0, 0.1) is 0 Å². The third-order valence-electron chi connectivity index (χ3n) is 5.65. The van der Waals surface area contributed by atoms with Crippen LogP contribution < -0.4 is 4.74 Å². The van der Waals surface area contributed by atoms with E-state index >= 15 is 0 Å². The van der Waals surface area contributed by atoms with Gasteiger partial charge in [-0.1, -0.05) is 36.4 Å². The first-order valence-corrected chi connectivity index (χ1v) is 10.6. The molecule has 1 fully saturated rings. The van der Waals surface area contributed by atoms with Crippen LogP contribution in [0.15, 0.2) is 48.5 Å². The van der Waals surface area contributed by atoms with E-state index in [0.717, 1.165) is 49.7 Å². The molecule has 2 aliphatic heterocycles. The average molecular weight is 411 g/mol. The largest absolute Gasteiger partial charge is 0.491 e. The number of ether oxygens (including phenoxy) is 3. The zero-order valence-corrected chi connectivity index (χ0v) is 17.6. The predicted octanol–water partition coefficient (Wildman–Crippen LogP) is 2.85. The second-order valence-electron chi connectivity index (χ2n) is 7.99. The van der Waals surface area contributed by atoms with Crippen LogP contribution in [0.2, 0.25) is 0 Å². The number of rotatable bonds is 6. The highest BCUT2D eigenvalue weighted by Gasteiger charge is 2.26. The Balaban J connectivity index is 1.38. The lowest BCUT2D eigenvalue weighted by atomic mass is 10.1. The number of benzene rings is 2. The van der Waals surface area contributed by atoms with Crippen molar-refractivity contribution >= 4 is 5.91 Å². The number of hydrogen-bond acceptors (Lipinski definition) is 5. The van der Waals surface area contributed by atoms with Gasteiger partial charge in [0, 0.05) is 31.7 Å². The Morgan fingerprint density at radius 2 is 1.90 bits per heavy atom. The molecule has 0 N–H and O–H groups in total. The van der Waals surface area contributed by atoms with Gasteiger partial charge in [-0.25, -0.2) is 0 Å². The summed E-state index contributed by atoms with van der Waals surface area (Å²) in [6, 6.07) is 16.2. The lowest BCUT2D eigenvalue weighted by Gasteiger charge is -2.27. The van der Waals surface area contributed by atoms with E-state index in [-0.39, 0.29) is 18.6 Å². The maximum atomic E-state index is 12.9. The molecule has 0 spiro atoms. The van der Waals surface area contributed by atoms with E-state index in [1.807, 2.05) is 48.2 Å². The highest BCUT2D eigenvalue weighted by molar-refractivity contribution is 5.78. The van der Waals surface area contributed by atoms with E-state index in [2.05, 4.69) is 17.0 Å². The molecule has 1 saturated heterocycles. The maximum Gasteiger partial charge on any atom is 0.249 e. The van der Waals surface area contributed by atoms with Crippen LogP contribution in [0.25, 0.3) is 0 Å². The van der Waals surface area contributed by atoms with Crippen molar-refractivity contribution in [1.29, 1.82) is 0 Å². The molecule has 1 amide bonds. The molecule has 1 atom stereocenters. The minimum absolute atomic E-state index is 0.00605. The summed E-state index contributed by atoms with van der Waals surface area (Å²) in [5, 5.41) is 0. The first-order chi connectivity index (χ1) is 14.7. The molecule has 2 aromatic carbocycles. The molecule has 2 heterocycles. The van der Waals surface area contributed by atoms with Gasteiger partial charge in [0.15, 0.2) is 0 Å². The van der Waals surface area contributed by atoms with E-state index in [1.165, 1.54) is 5.56 Å². The van der Waals surface area contributed by atoms with E-state index in [4.69, 9.17) is 14.2 Å². The molecule has 0 radical (unpaired) electrons. The summed E-state index contributed by atoms with van der Waals surface area (Å²) in [5.41, 5.74) is 3.36. The number of carbonyl (C=O) groups is 1. The van der Waals surface area contributed by atoms with E-state index < -0.39 is 0 Å². The van der Waals surface area contributed by atoms with Gasteiger partial charge < -0.3 is 19.1 Å². The van der Waals surface area contributed by atoms with E-state index in [1.54, 1.807) is 0 Å². The molecule has 0 aliphatic carbocycles. The zero-order chi connectivity index (χ0) is 20.8. The number of amides is 1. The van der Waals surface area contributed by atoms with Gasteiger partial charge in [-0.2, -0.15) is 0 Å². The summed E-state index contributed by atoms with van der Waals surface area (Å²) in [6.45, 7) is 7.93. The Morgan fingerprint density at radius 1 is 1.10 bits per heavy atom. The van der Waals surface area contributed by atoms with Crippen molar-refractivity contribution in [2.45, 2.75) is 32.7 Å². The van der Waals surface area contributed by atoms with Gasteiger partial charge >= 0.3 is 0 Å². The molecule has 160 valence electrons. The Bertz CT molecular complexity index is 836. The summed E-state index contributed by atoms with van der Waals surface area (Å²) in [4.78, 5) is 17.2. The van der Waals surface area contributed by atoms with Crippen LogP contribution in [-0.2, 0) is 34.0 Å². The SMILES string of the molecule is C[C@H]1COc2ccc(CN3CCOCC3)cc2CN1C(=O)COCc1ccccc1. The molecule has 2 aliphatic rings. The molecule has 30 heavy (non-hydrogen) atoms. The second kappa shape index (κ2) is 10.1. The molecular weight excluding hydrogens is 380 g/mol. The minimum Gasteiger partial charge on any atom is -0.491 e. The Hall–Kier alpha value is -2.41. The second-order valence-corrected chi connectivity index (χ2v) is 7.99. The Labute approximate surface area is 178 Å². The molecule has 0 bridgehead atoms. The molecular formula is C24H30N2O4. The van der Waals surface area contributed by atoms with E-state index in [9.17, 15) is 4.79 Å². The first-order valence-electron chi connectivity index (χ1n) is 10.6. The molecule has 6 heteroatoms. The molecule has 0 unspecified atom stereocenters. The lowest BCUT2D eigenvalue weighted by molar-refractivity contribution is -0.139. The monoisotopic (exact) mass is 410 g/mol. The predicted molar refractivity (Wildman–Crippen MR) is 114 cm³/mol. The van der Waals surface area contributed by atoms with Crippen molar-refractivity contribution < 1.29 is 19.0 Å². The van der Waals surface area contributed by atoms with Gasteiger partial charge in [0.1, 0.15) is 19.0 Å². The Kier molecular flexibility index (Phi) is 7.00. The fraction of sp³-hybridized carbons (Fsp3) is 0.458. The van der Waals surface area contributed by atoms with E-state index in [0.29, 0.717) is 19.8 Å². The van der Waals surface area contributed by atoms with Crippen LogP contribution >= 0.6 is 0 Å². The van der Waals surface area contributed by atoms with Crippen molar-refractivity contribution in [2.24, 2.45) is 0 Å². The highest BCUT2D eigenvalue weighted by Crippen LogP contribution is 2.27. The van der Waals surface area contributed by atoms with Gasteiger partial charge in [0.05, 0.1) is 25.9 Å². The average Bonchev–Trinajstić information content (AvgIpc) is 2.94. The Morgan fingerprint density at radius 3 is 2.70 bits per heavy atom.